The molecule has 3 heterocycles. The van der Waals surface area contributed by atoms with E-state index in [0.717, 1.165) is 54.3 Å². The van der Waals surface area contributed by atoms with Crippen molar-refractivity contribution in [2.75, 3.05) is 44.2 Å². The summed E-state index contributed by atoms with van der Waals surface area (Å²) >= 11 is 6.00. The second kappa shape index (κ2) is 9.58. The van der Waals surface area contributed by atoms with Crippen LogP contribution in [-0.4, -0.2) is 82.9 Å². The van der Waals surface area contributed by atoms with Gasteiger partial charge in [-0.3, -0.25) is 14.3 Å². The zero-order chi connectivity index (χ0) is 23.8. The molecular formula is C25H32ClN5O3. The zero-order valence-corrected chi connectivity index (χ0v) is 20.6. The second-order valence-electron chi connectivity index (χ2n) is 9.60. The van der Waals surface area contributed by atoms with Gasteiger partial charge >= 0.3 is 0 Å². The minimum atomic E-state index is -0.0390. The molecule has 0 bridgehead atoms. The van der Waals surface area contributed by atoms with Crippen LogP contribution in [0.2, 0.25) is 5.02 Å². The Hall–Kier alpha value is -2.58. The maximum absolute atomic E-state index is 13.3. The Morgan fingerprint density at radius 1 is 1.00 bits per heavy atom. The van der Waals surface area contributed by atoms with Crippen molar-refractivity contribution in [2.24, 2.45) is 0 Å². The van der Waals surface area contributed by atoms with Gasteiger partial charge in [0.1, 0.15) is 6.54 Å². The molecule has 8 nitrogen and oxygen atoms in total. The molecule has 2 atom stereocenters. The number of aromatic nitrogens is 2. The molecule has 0 saturated carbocycles. The van der Waals surface area contributed by atoms with E-state index in [9.17, 15) is 9.59 Å². The highest BCUT2D eigenvalue weighted by atomic mass is 35.5. The number of piperazine rings is 1. The van der Waals surface area contributed by atoms with Crippen molar-refractivity contribution in [3.8, 4) is 0 Å². The molecule has 0 N–H and O–H groups in total. The van der Waals surface area contributed by atoms with Crippen LogP contribution in [0.25, 0.3) is 0 Å². The van der Waals surface area contributed by atoms with Crippen LogP contribution < -0.4 is 4.90 Å². The number of ether oxygens (including phenoxy) is 1. The number of fused-ring (bicyclic) bond motifs is 1. The lowest BCUT2D eigenvalue weighted by molar-refractivity contribution is -0.132. The van der Waals surface area contributed by atoms with Crippen molar-refractivity contribution in [3.63, 3.8) is 0 Å². The molecular weight excluding hydrogens is 454 g/mol. The van der Waals surface area contributed by atoms with E-state index in [1.165, 1.54) is 0 Å². The number of nitrogens with zero attached hydrogens (tertiary/aromatic N) is 5. The minimum absolute atomic E-state index is 0.0101. The van der Waals surface area contributed by atoms with Gasteiger partial charge in [0.2, 0.25) is 5.91 Å². The average Bonchev–Trinajstić information content (AvgIpc) is 3.42. The van der Waals surface area contributed by atoms with E-state index in [1.54, 1.807) is 4.68 Å². The maximum atomic E-state index is 13.3. The summed E-state index contributed by atoms with van der Waals surface area (Å²) in [5.41, 5.74) is 3.72. The summed E-state index contributed by atoms with van der Waals surface area (Å²) in [5, 5.41) is 5.40. The number of benzene rings is 1. The molecule has 0 unspecified atom stereocenters. The summed E-state index contributed by atoms with van der Waals surface area (Å²) in [5.74, 6) is 0.0171. The molecule has 2 amide bonds. The molecule has 3 aliphatic rings. The third-order valence-electron chi connectivity index (χ3n) is 7.03. The molecule has 1 aliphatic carbocycles. The van der Waals surface area contributed by atoms with Gasteiger partial charge in [0.15, 0.2) is 5.69 Å². The summed E-state index contributed by atoms with van der Waals surface area (Å²) in [6.45, 7) is 8.20. The summed E-state index contributed by atoms with van der Waals surface area (Å²) in [4.78, 5) is 32.5. The molecule has 2 fully saturated rings. The third kappa shape index (κ3) is 4.66. The Morgan fingerprint density at radius 2 is 1.68 bits per heavy atom. The highest BCUT2D eigenvalue weighted by Crippen LogP contribution is 2.27. The van der Waals surface area contributed by atoms with Gasteiger partial charge in [-0.25, -0.2) is 0 Å². The van der Waals surface area contributed by atoms with E-state index in [-0.39, 0.29) is 30.6 Å². The molecule has 1 aromatic heterocycles. The fourth-order valence-corrected chi connectivity index (χ4v) is 5.53. The highest BCUT2D eigenvalue weighted by Gasteiger charge is 2.33. The number of anilines is 1. The lowest BCUT2D eigenvalue weighted by Gasteiger charge is -2.36. The lowest BCUT2D eigenvalue weighted by Crippen LogP contribution is -2.49. The van der Waals surface area contributed by atoms with Crippen molar-refractivity contribution in [1.29, 1.82) is 0 Å². The van der Waals surface area contributed by atoms with Crippen LogP contribution in [0.3, 0.4) is 0 Å². The topological polar surface area (TPSA) is 70.9 Å². The van der Waals surface area contributed by atoms with Crippen LogP contribution >= 0.6 is 11.6 Å². The van der Waals surface area contributed by atoms with Crippen LogP contribution in [0, 0.1) is 0 Å². The first kappa shape index (κ1) is 23.2. The van der Waals surface area contributed by atoms with E-state index in [2.05, 4.69) is 10.00 Å². The van der Waals surface area contributed by atoms with Crippen molar-refractivity contribution >= 4 is 29.1 Å². The molecule has 2 aliphatic heterocycles. The number of rotatable bonds is 4. The van der Waals surface area contributed by atoms with Gasteiger partial charge in [0.05, 0.1) is 12.2 Å². The van der Waals surface area contributed by atoms with Gasteiger partial charge in [0.25, 0.3) is 5.91 Å². The number of morpholine rings is 1. The molecule has 0 radical (unpaired) electrons. The largest absolute Gasteiger partial charge is 0.372 e. The third-order valence-corrected chi connectivity index (χ3v) is 7.28. The van der Waals surface area contributed by atoms with Gasteiger partial charge < -0.3 is 19.4 Å². The van der Waals surface area contributed by atoms with Crippen LogP contribution in [0.15, 0.2) is 24.3 Å². The monoisotopic (exact) mass is 485 g/mol. The number of hydrogen-bond acceptors (Lipinski definition) is 5. The first-order chi connectivity index (χ1) is 16.4. The smallest absolute Gasteiger partial charge is 0.274 e. The normalized spacial score (nSPS) is 22.7. The summed E-state index contributed by atoms with van der Waals surface area (Å²) in [7, 11) is 0. The van der Waals surface area contributed by atoms with Crippen molar-refractivity contribution in [2.45, 2.75) is 51.9 Å². The van der Waals surface area contributed by atoms with E-state index in [0.29, 0.717) is 31.9 Å². The highest BCUT2D eigenvalue weighted by molar-refractivity contribution is 6.30. The molecule has 9 heteroatoms. The molecule has 1 aromatic carbocycles. The predicted octanol–water partition coefficient (Wildman–Crippen LogP) is 2.62. The van der Waals surface area contributed by atoms with Gasteiger partial charge in [-0.1, -0.05) is 11.6 Å². The van der Waals surface area contributed by atoms with E-state index in [4.69, 9.17) is 16.3 Å². The fourth-order valence-electron chi connectivity index (χ4n) is 5.40. The van der Waals surface area contributed by atoms with Gasteiger partial charge in [-0.05, 0) is 57.4 Å². The standard InChI is InChI=1S/C25H32ClN5O3/c1-17-14-30(15-18(2)34-17)25(33)24-21-4-3-5-22(21)31(27-24)16-23(32)29-12-10-28(11-13-29)20-8-6-19(26)7-9-20/h6-9,17-18H,3-5,10-16H2,1-2H3/t17-,18+. The molecule has 2 saturated heterocycles. The second-order valence-corrected chi connectivity index (χ2v) is 10.0. The Bertz CT molecular complexity index is 1050. The average molecular weight is 486 g/mol. The minimum Gasteiger partial charge on any atom is -0.372 e. The maximum Gasteiger partial charge on any atom is 0.274 e. The molecule has 2 aromatic rings. The number of carbonyl (C=O) groups is 2. The SMILES string of the molecule is C[C@@H]1CN(C(=O)c2nn(CC(=O)N3CCN(c4ccc(Cl)cc4)CC3)c3c2CCC3)C[C@H](C)O1. The lowest BCUT2D eigenvalue weighted by atomic mass is 10.1. The number of amides is 2. The quantitative estimate of drug-likeness (QED) is 0.665. The molecule has 5 rings (SSSR count). The molecule has 0 spiro atoms. The van der Waals surface area contributed by atoms with E-state index in [1.807, 2.05) is 47.9 Å². The van der Waals surface area contributed by atoms with Crippen LogP contribution in [0.4, 0.5) is 5.69 Å². The number of halogens is 1. The fraction of sp³-hybridized carbons (Fsp3) is 0.560. The van der Waals surface area contributed by atoms with Gasteiger partial charge in [0, 0.05) is 61.2 Å². The zero-order valence-electron chi connectivity index (χ0n) is 19.9. The predicted molar refractivity (Wildman–Crippen MR) is 130 cm³/mol. The van der Waals surface area contributed by atoms with Crippen molar-refractivity contribution in [3.05, 3.63) is 46.2 Å². The van der Waals surface area contributed by atoms with E-state index < -0.39 is 0 Å². The first-order valence-electron chi connectivity index (χ1n) is 12.2. The van der Waals surface area contributed by atoms with Crippen molar-refractivity contribution in [1.82, 2.24) is 19.6 Å². The summed E-state index contributed by atoms with van der Waals surface area (Å²) in [6.07, 6.45) is 2.73. The molecule has 182 valence electrons. The Labute approximate surface area is 205 Å². The van der Waals surface area contributed by atoms with Gasteiger partial charge in [-0.2, -0.15) is 5.10 Å². The Kier molecular flexibility index (Phi) is 6.53. The van der Waals surface area contributed by atoms with Gasteiger partial charge in [-0.15, -0.1) is 0 Å². The number of carbonyl (C=O) groups excluding carboxylic acids is 2. The summed E-state index contributed by atoms with van der Waals surface area (Å²) < 4.78 is 7.57. The van der Waals surface area contributed by atoms with Crippen LogP contribution in [0.5, 0.6) is 0 Å². The molecule has 34 heavy (non-hydrogen) atoms. The van der Waals surface area contributed by atoms with Crippen molar-refractivity contribution < 1.29 is 14.3 Å². The number of hydrogen-bond donors (Lipinski definition) is 0. The Morgan fingerprint density at radius 3 is 2.35 bits per heavy atom. The first-order valence-corrected chi connectivity index (χ1v) is 12.6. The Balaban J connectivity index is 1.25. The van der Waals surface area contributed by atoms with E-state index >= 15 is 0 Å². The summed E-state index contributed by atoms with van der Waals surface area (Å²) in [6, 6.07) is 7.82. The van der Waals surface area contributed by atoms with Crippen LogP contribution in [-0.2, 0) is 28.9 Å². The van der Waals surface area contributed by atoms with Crippen LogP contribution in [0.1, 0.15) is 42.0 Å².